The van der Waals surface area contributed by atoms with E-state index >= 15 is 0 Å². The van der Waals surface area contributed by atoms with E-state index in [-0.39, 0.29) is 28.9 Å². The smallest absolute Gasteiger partial charge is 0.342 e. The molecule has 0 saturated carbocycles. The fraction of sp³-hybridized carbons (Fsp3) is 0.364. The Morgan fingerprint density at radius 1 is 1.50 bits per heavy atom. The van der Waals surface area contributed by atoms with Crippen LogP contribution in [0.1, 0.15) is 22.8 Å². The van der Waals surface area contributed by atoms with Gasteiger partial charge in [-0.3, -0.25) is 0 Å². The van der Waals surface area contributed by atoms with Gasteiger partial charge in [0.05, 0.1) is 7.11 Å². The minimum atomic E-state index is -0.593. The number of phenols is 2. The molecule has 86 valence electrons. The van der Waals surface area contributed by atoms with Crippen molar-refractivity contribution in [2.45, 2.75) is 19.4 Å². The van der Waals surface area contributed by atoms with Crippen LogP contribution in [0, 0.1) is 0 Å². The summed E-state index contributed by atoms with van der Waals surface area (Å²) in [6, 6.07) is 1.42. The van der Waals surface area contributed by atoms with Crippen LogP contribution in [0.3, 0.4) is 0 Å². The molecule has 5 heteroatoms. The molecule has 1 unspecified atom stereocenters. The number of hydrogen-bond acceptors (Lipinski definition) is 5. The molecule has 1 atom stereocenters. The Labute approximate surface area is 92.2 Å². The minimum absolute atomic E-state index is 0.0766. The average Bonchev–Trinajstić information content (AvgIpc) is 2.15. The van der Waals surface area contributed by atoms with Crippen LogP contribution in [0.15, 0.2) is 6.07 Å². The van der Waals surface area contributed by atoms with Crippen LogP contribution < -0.4 is 4.74 Å². The Hall–Kier alpha value is -1.91. The van der Waals surface area contributed by atoms with Gasteiger partial charge in [-0.15, -0.1) is 0 Å². The first kappa shape index (κ1) is 10.6. The highest BCUT2D eigenvalue weighted by Crippen LogP contribution is 2.42. The predicted octanol–water partition coefficient (Wildman–Crippen LogP) is 1.21. The number of esters is 1. The number of benzene rings is 1. The first-order valence-corrected chi connectivity index (χ1v) is 4.87. The van der Waals surface area contributed by atoms with Crippen molar-refractivity contribution >= 4 is 5.97 Å². The molecule has 16 heavy (non-hydrogen) atoms. The molecule has 0 spiro atoms. The van der Waals surface area contributed by atoms with Crippen molar-refractivity contribution in [2.75, 3.05) is 7.11 Å². The lowest BCUT2D eigenvalue weighted by Gasteiger charge is -2.23. The maximum atomic E-state index is 11.6. The molecule has 1 aromatic carbocycles. The van der Waals surface area contributed by atoms with Crippen molar-refractivity contribution in [1.29, 1.82) is 0 Å². The van der Waals surface area contributed by atoms with Gasteiger partial charge in [-0.05, 0) is 18.6 Å². The van der Waals surface area contributed by atoms with E-state index < -0.39 is 5.97 Å². The van der Waals surface area contributed by atoms with Gasteiger partial charge in [0.1, 0.15) is 11.7 Å². The van der Waals surface area contributed by atoms with Crippen molar-refractivity contribution in [2.24, 2.45) is 0 Å². The number of ether oxygens (including phenoxy) is 2. The molecule has 2 rings (SSSR count). The van der Waals surface area contributed by atoms with Crippen LogP contribution in [0.4, 0.5) is 0 Å². The van der Waals surface area contributed by atoms with Crippen molar-refractivity contribution in [3.05, 3.63) is 17.2 Å². The SMILES string of the molecule is COc1c(O)cc2c(c1O)C(=O)OC(C)C2. The van der Waals surface area contributed by atoms with Crippen LogP contribution in [0.5, 0.6) is 17.2 Å². The molecule has 0 bridgehead atoms. The van der Waals surface area contributed by atoms with E-state index in [0.717, 1.165) is 0 Å². The molecule has 0 saturated heterocycles. The van der Waals surface area contributed by atoms with Gasteiger partial charge in [-0.25, -0.2) is 4.79 Å². The summed E-state index contributed by atoms with van der Waals surface area (Å²) >= 11 is 0. The molecule has 0 radical (unpaired) electrons. The van der Waals surface area contributed by atoms with Crippen LogP contribution >= 0.6 is 0 Å². The second-order valence-electron chi connectivity index (χ2n) is 3.73. The fourth-order valence-corrected chi connectivity index (χ4v) is 1.87. The standard InChI is InChI=1S/C11H12O5/c1-5-3-6-4-7(12)10(15-2)9(13)8(6)11(14)16-5/h4-5,12-13H,3H2,1-2H3. The Morgan fingerprint density at radius 2 is 2.19 bits per heavy atom. The van der Waals surface area contributed by atoms with Gasteiger partial charge in [0.25, 0.3) is 0 Å². The van der Waals surface area contributed by atoms with E-state index in [0.29, 0.717) is 12.0 Å². The largest absolute Gasteiger partial charge is 0.504 e. The van der Waals surface area contributed by atoms with E-state index in [4.69, 9.17) is 9.47 Å². The number of aromatic hydroxyl groups is 2. The zero-order valence-electron chi connectivity index (χ0n) is 8.98. The topological polar surface area (TPSA) is 76.0 Å². The van der Waals surface area contributed by atoms with Gasteiger partial charge in [0.15, 0.2) is 11.5 Å². The quantitative estimate of drug-likeness (QED) is 0.701. The van der Waals surface area contributed by atoms with Crippen LogP contribution in [-0.4, -0.2) is 29.4 Å². The van der Waals surface area contributed by atoms with E-state index in [1.54, 1.807) is 6.92 Å². The summed E-state index contributed by atoms with van der Waals surface area (Å²) < 4.78 is 9.81. The number of rotatable bonds is 1. The molecule has 0 aromatic heterocycles. The molecule has 0 aliphatic carbocycles. The number of phenolic OH excluding ortho intramolecular Hbond substituents is 2. The first-order valence-electron chi connectivity index (χ1n) is 4.87. The Balaban J connectivity index is 2.64. The van der Waals surface area contributed by atoms with E-state index in [1.165, 1.54) is 13.2 Å². The minimum Gasteiger partial charge on any atom is -0.504 e. The Bertz CT molecular complexity index is 452. The maximum Gasteiger partial charge on any atom is 0.342 e. The Kier molecular flexibility index (Phi) is 2.38. The molecule has 1 aromatic rings. The van der Waals surface area contributed by atoms with Gasteiger partial charge in [-0.2, -0.15) is 0 Å². The molecule has 5 nitrogen and oxygen atoms in total. The summed E-state index contributed by atoms with van der Waals surface area (Å²) in [4.78, 5) is 11.6. The third-order valence-electron chi connectivity index (χ3n) is 2.54. The number of carbonyl (C=O) groups is 1. The summed E-state index contributed by atoms with van der Waals surface area (Å²) in [5, 5.41) is 19.4. The second-order valence-corrected chi connectivity index (χ2v) is 3.73. The van der Waals surface area contributed by atoms with Crippen molar-refractivity contribution < 1.29 is 24.5 Å². The number of hydrogen-bond donors (Lipinski definition) is 2. The van der Waals surface area contributed by atoms with Gasteiger partial charge in [0.2, 0.25) is 5.75 Å². The number of carbonyl (C=O) groups excluding carboxylic acids is 1. The van der Waals surface area contributed by atoms with Crippen LogP contribution in [-0.2, 0) is 11.2 Å². The predicted molar refractivity (Wildman–Crippen MR) is 54.9 cm³/mol. The van der Waals surface area contributed by atoms with E-state index in [1.807, 2.05) is 0 Å². The van der Waals surface area contributed by atoms with E-state index in [2.05, 4.69) is 0 Å². The number of cyclic esters (lactones) is 1. The summed E-state index contributed by atoms with van der Waals surface area (Å²) in [6.45, 7) is 1.75. The molecule has 1 heterocycles. The third kappa shape index (κ3) is 1.44. The van der Waals surface area contributed by atoms with Crippen molar-refractivity contribution in [3.63, 3.8) is 0 Å². The maximum absolute atomic E-state index is 11.6. The summed E-state index contributed by atoms with van der Waals surface area (Å²) in [5.41, 5.74) is 0.646. The zero-order valence-corrected chi connectivity index (χ0v) is 8.98. The summed E-state index contributed by atoms with van der Waals surface area (Å²) in [7, 11) is 1.30. The van der Waals surface area contributed by atoms with Gasteiger partial charge in [0, 0.05) is 6.42 Å². The number of fused-ring (bicyclic) bond motifs is 1. The first-order chi connectivity index (χ1) is 7.54. The molecule has 0 fully saturated rings. The van der Waals surface area contributed by atoms with Crippen molar-refractivity contribution in [1.82, 2.24) is 0 Å². The zero-order chi connectivity index (χ0) is 11.9. The van der Waals surface area contributed by atoms with Gasteiger partial charge >= 0.3 is 5.97 Å². The average molecular weight is 224 g/mol. The molecular weight excluding hydrogens is 212 g/mol. The third-order valence-corrected chi connectivity index (χ3v) is 2.54. The number of methoxy groups -OCH3 is 1. The molecule has 1 aliphatic rings. The lowest BCUT2D eigenvalue weighted by molar-refractivity contribution is 0.0296. The fourth-order valence-electron chi connectivity index (χ4n) is 1.87. The van der Waals surface area contributed by atoms with E-state index in [9.17, 15) is 15.0 Å². The monoisotopic (exact) mass is 224 g/mol. The highest BCUT2D eigenvalue weighted by Gasteiger charge is 2.30. The summed E-state index contributed by atoms with van der Waals surface area (Å²) in [6.07, 6.45) is 0.207. The van der Waals surface area contributed by atoms with Crippen molar-refractivity contribution in [3.8, 4) is 17.2 Å². The summed E-state index contributed by atoms with van der Waals surface area (Å²) in [5.74, 6) is -1.25. The lowest BCUT2D eigenvalue weighted by Crippen LogP contribution is -2.25. The molecule has 2 N–H and O–H groups in total. The molecular formula is C11H12O5. The highest BCUT2D eigenvalue weighted by molar-refractivity contribution is 5.96. The van der Waals surface area contributed by atoms with Gasteiger partial charge in [-0.1, -0.05) is 0 Å². The Morgan fingerprint density at radius 3 is 2.81 bits per heavy atom. The normalized spacial score (nSPS) is 18.9. The van der Waals surface area contributed by atoms with Crippen LogP contribution in [0.2, 0.25) is 0 Å². The second kappa shape index (κ2) is 3.59. The molecule has 1 aliphatic heterocycles. The van der Waals surface area contributed by atoms with Crippen LogP contribution in [0.25, 0.3) is 0 Å². The highest BCUT2D eigenvalue weighted by atomic mass is 16.5. The van der Waals surface area contributed by atoms with Gasteiger partial charge < -0.3 is 19.7 Å². The lowest BCUT2D eigenvalue weighted by atomic mass is 9.97. The molecule has 0 amide bonds.